The average molecular weight is 430 g/mol. The fourth-order valence-corrected chi connectivity index (χ4v) is 4.59. The lowest BCUT2D eigenvalue weighted by atomic mass is 9.82. The van der Waals surface area contributed by atoms with Gasteiger partial charge in [0.25, 0.3) is 0 Å². The number of aliphatic imine (C=N–C) groups is 1. The maximum atomic E-state index is 12.5. The minimum Gasteiger partial charge on any atom is -0.481 e. The van der Waals surface area contributed by atoms with E-state index in [1.165, 1.54) is 0 Å². The smallest absolute Gasteiger partial charge is 0.305 e. The first-order valence-electron chi connectivity index (χ1n) is 10.3. The van der Waals surface area contributed by atoms with Crippen LogP contribution in [-0.4, -0.2) is 52.9 Å². The van der Waals surface area contributed by atoms with E-state index in [0.717, 1.165) is 32.1 Å². The number of nitrogens with one attached hydrogen (secondary N) is 2. The van der Waals surface area contributed by atoms with Gasteiger partial charge in [-0.1, -0.05) is 19.3 Å². The van der Waals surface area contributed by atoms with Crippen molar-refractivity contribution in [3.8, 4) is 0 Å². The van der Waals surface area contributed by atoms with Gasteiger partial charge in [-0.2, -0.15) is 0 Å². The van der Waals surface area contributed by atoms with Crippen LogP contribution in [0.5, 0.6) is 0 Å². The van der Waals surface area contributed by atoms with E-state index >= 15 is 0 Å². The molecule has 0 aliphatic heterocycles. The van der Waals surface area contributed by atoms with E-state index in [1.54, 1.807) is 0 Å². The van der Waals surface area contributed by atoms with Crippen molar-refractivity contribution in [1.29, 1.82) is 0 Å². The zero-order valence-electron chi connectivity index (χ0n) is 16.6. The summed E-state index contributed by atoms with van der Waals surface area (Å²) in [7, 11) is 0. The summed E-state index contributed by atoms with van der Waals surface area (Å²) in [6.45, 7) is -0.185. The van der Waals surface area contributed by atoms with Crippen LogP contribution in [0.15, 0.2) is 4.99 Å². The van der Waals surface area contributed by atoms with Crippen LogP contribution in [0.1, 0.15) is 57.8 Å². The van der Waals surface area contributed by atoms with Gasteiger partial charge in [-0.05, 0) is 38.0 Å². The number of carboxylic acid groups (broad SMARTS) is 1. The van der Waals surface area contributed by atoms with Gasteiger partial charge >= 0.3 is 5.97 Å². The number of guanidine groups is 1. The number of hydrogen-bond donors (Lipinski definition) is 5. The Morgan fingerprint density at radius 1 is 1.10 bits per heavy atom. The van der Waals surface area contributed by atoms with Crippen LogP contribution in [0.2, 0.25) is 0 Å². The fourth-order valence-electron chi connectivity index (χ4n) is 4.30. The van der Waals surface area contributed by atoms with Gasteiger partial charge in [-0.25, -0.2) is 4.99 Å². The second-order valence-corrected chi connectivity index (χ2v) is 8.60. The summed E-state index contributed by atoms with van der Waals surface area (Å²) in [5.41, 5.74) is 10.8. The Kier molecular flexibility index (Phi) is 9.00. The monoisotopic (exact) mass is 429 g/mol. The molecule has 0 aromatic carbocycles. The number of halogens is 1. The van der Waals surface area contributed by atoms with Gasteiger partial charge in [0.1, 0.15) is 0 Å². The molecule has 2 aliphatic rings. The average Bonchev–Trinajstić information content (AvgIpc) is 2.67. The molecule has 0 saturated heterocycles. The molecule has 29 heavy (non-hydrogen) atoms. The molecular weight excluding hydrogens is 398 g/mol. The number of carboxylic acids is 1. The van der Waals surface area contributed by atoms with Crippen molar-refractivity contribution in [3.63, 3.8) is 0 Å². The first-order valence-corrected chi connectivity index (χ1v) is 10.7. The van der Waals surface area contributed by atoms with Crippen LogP contribution in [-0.2, 0) is 14.4 Å². The number of hydrogen-bond acceptors (Lipinski definition) is 4. The molecule has 164 valence electrons. The lowest BCUT2D eigenvalue weighted by Gasteiger charge is -2.31. The SMILES string of the molecule is NC(N)=NC1CC(C(=O)NCC(=O)NC(CC(=O)O)C2CCCCC2)CCC1Cl. The molecule has 0 bridgehead atoms. The van der Waals surface area contributed by atoms with Crippen molar-refractivity contribution >= 4 is 35.3 Å². The van der Waals surface area contributed by atoms with E-state index in [9.17, 15) is 14.4 Å². The quantitative estimate of drug-likeness (QED) is 0.217. The largest absolute Gasteiger partial charge is 0.481 e. The Hall–Kier alpha value is -2.03. The number of aliphatic carboxylic acids is 1. The molecule has 0 aromatic rings. The van der Waals surface area contributed by atoms with Crippen molar-refractivity contribution in [2.75, 3.05) is 6.54 Å². The number of carbonyl (C=O) groups excluding carboxylic acids is 2. The van der Waals surface area contributed by atoms with E-state index in [4.69, 9.17) is 28.2 Å². The molecule has 0 radical (unpaired) electrons. The lowest BCUT2D eigenvalue weighted by molar-refractivity contribution is -0.138. The maximum Gasteiger partial charge on any atom is 0.305 e. The molecule has 7 N–H and O–H groups in total. The highest BCUT2D eigenvalue weighted by Gasteiger charge is 2.33. The third-order valence-corrected chi connectivity index (χ3v) is 6.31. The molecule has 0 aromatic heterocycles. The van der Waals surface area contributed by atoms with Gasteiger partial charge < -0.3 is 27.2 Å². The molecule has 2 saturated carbocycles. The third kappa shape index (κ3) is 7.72. The van der Waals surface area contributed by atoms with Crippen molar-refractivity contribution in [1.82, 2.24) is 10.6 Å². The molecule has 10 heteroatoms. The normalized spacial score (nSPS) is 26.2. The number of nitrogens with two attached hydrogens (primary N) is 2. The number of nitrogens with zero attached hydrogens (tertiary/aromatic N) is 1. The standard InChI is InChI=1S/C19H32ClN5O4/c20-13-7-6-12(8-15(13)25-19(21)22)18(29)23-10-16(26)24-14(9-17(27)28)11-4-2-1-3-5-11/h11-15H,1-10H2,(H,23,29)(H,24,26)(H,27,28)(H4,21,22,25). The van der Waals surface area contributed by atoms with E-state index in [0.29, 0.717) is 19.3 Å². The van der Waals surface area contributed by atoms with Crippen LogP contribution in [0.25, 0.3) is 0 Å². The maximum absolute atomic E-state index is 12.5. The second-order valence-electron chi connectivity index (χ2n) is 8.04. The van der Waals surface area contributed by atoms with Crippen molar-refractivity contribution < 1.29 is 19.5 Å². The molecule has 2 aliphatic carbocycles. The summed E-state index contributed by atoms with van der Waals surface area (Å²) in [6, 6.07) is -0.735. The summed E-state index contributed by atoms with van der Waals surface area (Å²) >= 11 is 6.23. The first kappa shape index (κ1) is 23.3. The van der Waals surface area contributed by atoms with Gasteiger partial charge in [0.2, 0.25) is 11.8 Å². The minimum atomic E-state index is -0.937. The van der Waals surface area contributed by atoms with Crippen molar-refractivity contribution in [2.45, 2.75) is 75.2 Å². The molecule has 2 fully saturated rings. The Balaban J connectivity index is 1.84. The molecule has 9 nitrogen and oxygen atoms in total. The highest BCUT2D eigenvalue weighted by molar-refractivity contribution is 6.21. The fraction of sp³-hybridized carbons (Fsp3) is 0.789. The van der Waals surface area contributed by atoms with E-state index < -0.39 is 12.0 Å². The second kappa shape index (κ2) is 11.2. The van der Waals surface area contributed by atoms with Gasteiger partial charge in [-0.3, -0.25) is 14.4 Å². The third-order valence-electron chi connectivity index (χ3n) is 5.80. The highest BCUT2D eigenvalue weighted by atomic mass is 35.5. The lowest BCUT2D eigenvalue weighted by Crippen LogP contribution is -2.48. The predicted molar refractivity (Wildman–Crippen MR) is 110 cm³/mol. The molecule has 4 atom stereocenters. The first-order chi connectivity index (χ1) is 13.8. The summed E-state index contributed by atoms with van der Waals surface area (Å²) in [5.74, 6) is -1.77. The number of amides is 2. The number of rotatable bonds is 8. The van der Waals surface area contributed by atoms with Gasteiger partial charge in [0.15, 0.2) is 5.96 Å². The summed E-state index contributed by atoms with van der Waals surface area (Å²) < 4.78 is 0. The highest BCUT2D eigenvalue weighted by Crippen LogP contribution is 2.30. The Labute approximate surface area is 176 Å². The molecule has 2 rings (SSSR count). The van der Waals surface area contributed by atoms with Gasteiger partial charge in [0, 0.05) is 12.0 Å². The molecule has 4 unspecified atom stereocenters. The Morgan fingerprint density at radius 2 is 1.79 bits per heavy atom. The zero-order chi connectivity index (χ0) is 21.4. The van der Waals surface area contributed by atoms with Crippen LogP contribution >= 0.6 is 11.6 Å². The zero-order valence-corrected chi connectivity index (χ0v) is 17.4. The predicted octanol–water partition coefficient (Wildman–Crippen LogP) is 0.692. The molecular formula is C19H32ClN5O4. The Bertz CT molecular complexity index is 620. The summed E-state index contributed by atoms with van der Waals surface area (Å²) in [5, 5.41) is 14.4. The van der Waals surface area contributed by atoms with E-state index in [1.807, 2.05) is 0 Å². The van der Waals surface area contributed by atoms with E-state index in [2.05, 4.69) is 15.6 Å². The van der Waals surface area contributed by atoms with Gasteiger partial charge in [0.05, 0.1) is 24.4 Å². The molecule has 0 spiro atoms. The summed E-state index contributed by atoms with van der Waals surface area (Å²) in [6.07, 6.45) is 6.59. The minimum absolute atomic E-state index is 0.0618. The van der Waals surface area contributed by atoms with Crippen LogP contribution in [0, 0.1) is 11.8 Å². The number of carbonyl (C=O) groups is 3. The van der Waals surface area contributed by atoms with Crippen molar-refractivity contribution in [2.24, 2.45) is 28.3 Å². The molecule has 2 amide bonds. The topological polar surface area (TPSA) is 160 Å². The Morgan fingerprint density at radius 3 is 2.41 bits per heavy atom. The molecule has 0 heterocycles. The summed E-state index contributed by atoms with van der Waals surface area (Å²) in [4.78, 5) is 40.1. The van der Waals surface area contributed by atoms with Crippen LogP contribution in [0.4, 0.5) is 0 Å². The van der Waals surface area contributed by atoms with Gasteiger partial charge in [-0.15, -0.1) is 11.6 Å². The van der Waals surface area contributed by atoms with E-state index in [-0.39, 0.29) is 54.0 Å². The van der Waals surface area contributed by atoms with Crippen molar-refractivity contribution in [3.05, 3.63) is 0 Å². The van der Waals surface area contributed by atoms with Crippen LogP contribution in [0.3, 0.4) is 0 Å². The van der Waals surface area contributed by atoms with Crippen LogP contribution < -0.4 is 22.1 Å². The number of alkyl halides is 1.